The van der Waals surface area contributed by atoms with Gasteiger partial charge in [-0.3, -0.25) is 0 Å². The Balaban J connectivity index is 2.14. The van der Waals surface area contributed by atoms with Crippen molar-refractivity contribution in [3.63, 3.8) is 0 Å². The van der Waals surface area contributed by atoms with Crippen LogP contribution >= 0.6 is 0 Å². The Morgan fingerprint density at radius 2 is 2.14 bits per heavy atom. The van der Waals surface area contributed by atoms with Crippen LogP contribution in [0.5, 0.6) is 0 Å². The first-order valence-electron chi connectivity index (χ1n) is 6.09. The molecule has 0 fully saturated rings. The van der Waals surface area contributed by atoms with Crippen molar-refractivity contribution in [2.45, 2.75) is 0 Å². The van der Waals surface area contributed by atoms with Crippen molar-refractivity contribution in [1.29, 1.82) is 5.26 Å². The Morgan fingerprint density at radius 1 is 1.24 bits per heavy atom. The van der Waals surface area contributed by atoms with E-state index in [1.54, 1.807) is 25.2 Å². The van der Waals surface area contributed by atoms with Crippen molar-refractivity contribution in [2.24, 2.45) is 0 Å². The molecule has 0 spiro atoms. The lowest BCUT2D eigenvalue weighted by Crippen LogP contribution is -2.08. The summed E-state index contributed by atoms with van der Waals surface area (Å²) >= 11 is 0. The van der Waals surface area contributed by atoms with Crippen LogP contribution in [0.15, 0.2) is 36.9 Å². The van der Waals surface area contributed by atoms with Crippen LogP contribution in [0, 0.1) is 11.3 Å². The maximum atomic E-state index is 8.98. The number of nitriles is 1. The molecule has 0 bridgehead atoms. The van der Waals surface area contributed by atoms with E-state index < -0.39 is 0 Å². The molecule has 1 N–H and O–H groups in total. The molecule has 0 aliphatic heterocycles. The van der Waals surface area contributed by atoms with Gasteiger partial charge in [-0.1, -0.05) is 12.1 Å². The first-order chi connectivity index (χ1) is 10.3. The van der Waals surface area contributed by atoms with Gasteiger partial charge in [-0.05, 0) is 12.1 Å². The standard InChI is InChI=1S/C13H10N8/c1-15-12-18-11(10-4-2-3-9(5-10)6-14)19-13(20-12)21-8-16-7-17-21/h2-5,7-8H,1H3,(H,15,18,19,20). The van der Waals surface area contributed by atoms with Crippen LogP contribution in [0.4, 0.5) is 5.95 Å². The minimum Gasteiger partial charge on any atom is -0.357 e. The van der Waals surface area contributed by atoms with Gasteiger partial charge in [0.05, 0.1) is 11.6 Å². The van der Waals surface area contributed by atoms with E-state index in [9.17, 15) is 0 Å². The van der Waals surface area contributed by atoms with Crippen LogP contribution in [-0.2, 0) is 0 Å². The normalized spacial score (nSPS) is 10.1. The van der Waals surface area contributed by atoms with E-state index in [0.717, 1.165) is 5.56 Å². The molecule has 3 rings (SSSR count). The summed E-state index contributed by atoms with van der Waals surface area (Å²) in [6, 6.07) is 9.16. The molecule has 0 amide bonds. The number of anilines is 1. The Morgan fingerprint density at radius 3 is 2.86 bits per heavy atom. The highest BCUT2D eigenvalue weighted by molar-refractivity contribution is 5.59. The Labute approximate surface area is 120 Å². The van der Waals surface area contributed by atoms with Crippen LogP contribution in [0.2, 0.25) is 0 Å². The maximum absolute atomic E-state index is 8.98. The third-order valence-electron chi connectivity index (χ3n) is 2.72. The quantitative estimate of drug-likeness (QED) is 0.762. The van der Waals surface area contributed by atoms with Crippen molar-refractivity contribution >= 4 is 5.95 Å². The molecular formula is C13H10N8. The minimum atomic E-state index is 0.351. The van der Waals surface area contributed by atoms with Gasteiger partial charge in [0.2, 0.25) is 5.95 Å². The fourth-order valence-corrected chi connectivity index (χ4v) is 1.75. The van der Waals surface area contributed by atoms with Crippen LogP contribution in [0.25, 0.3) is 17.3 Å². The average Bonchev–Trinajstić information content (AvgIpc) is 3.09. The number of nitrogens with one attached hydrogen (secondary N) is 1. The fourth-order valence-electron chi connectivity index (χ4n) is 1.75. The highest BCUT2D eigenvalue weighted by atomic mass is 15.4. The van der Waals surface area contributed by atoms with Gasteiger partial charge in [0.15, 0.2) is 5.82 Å². The molecule has 1 aromatic carbocycles. The van der Waals surface area contributed by atoms with E-state index in [-0.39, 0.29) is 0 Å². The van der Waals surface area contributed by atoms with Crippen LogP contribution in [0.3, 0.4) is 0 Å². The topological polar surface area (TPSA) is 105 Å². The van der Waals surface area contributed by atoms with Crippen molar-refractivity contribution < 1.29 is 0 Å². The minimum absolute atomic E-state index is 0.351. The molecule has 0 atom stereocenters. The highest BCUT2D eigenvalue weighted by Gasteiger charge is 2.10. The lowest BCUT2D eigenvalue weighted by molar-refractivity contribution is 0.798. The van der Waals surface area contributed by atoms with E-state index in [2.05, 4.69) is 36.4 Å². The van der Waals surface area contributed by atoms with Crippen LogP contribution in [-0.4, -0.2) is 36.8 Å². The number of hydrogen-bond acceptors (Lipinski definition) is 7. The summed E-state index contributed by atoms with van der Waals surface area (Å²) in [7, 11) is 1.72. The molecule has 3 aromatic rings. The number of hydrogen-bond donors (Lipinski definition) is 1. The third kappa shape index (κ3) is 2.52. The first kappa shape index (κ1) is 12.7. The predicted molar refractivity (Wildman–Crippen MR) is 74.4 cm³/mol. The summed E-state index contributed by atoms with van der Waals surface area (Å²) < 4.78 is 1.44. The molecule has 102 valence electrons. The Hall–Kier alpha value is -3.34. The fraction of sp³-hybridized carbons (Fsp3) is 0.0769. The second-order valence-corrected chi connectivity index (χ2v) is 4.07. The summed E-state index contributed by atoms with van der Waals surface area (Å²) in [5.74, 6) is 1.22. The molecule has 2 aromatic heterocycles. The third-order valence-corrected chi connectivity index (χ3v) is 2.72. The van der Waals surface area contributed by atoms with Gasteiger partial charge in [0, 0.05) is 12.6 Å². The second-order valence-electron chi connectivity index (χ2n) is 4.07. The monoisotopic (exact) mass is 278 g/mol. The van der Waals surface area contributed by atoms with E-state index in [1.807, 2.05) is 6.07 Å². The maximum Gasteiger partial charge on any atom is 0.257 e. The molecule has 2 heterocycles. The molecule has 0 aliphatic rings. The van der Waals surface area contributed by atoms with Gasteiger partial charge in [-0.2, -0.15) is 30.0 Å². The highest BCUT2D eigenvalue weighted by Crippen LogP contribution is 2.18. The largest absolute Gasteiger partial charge is 0.357 e. The van der Waals surface area contributed by atoms with Gasteiger partial charge in [0.25, 0.3) is 5.95 Å². The van der Waals surface area contributed by atoms with Crippen molar-refractivity contribution in [2.75, 3.05) is 12.4 Å². The molecule has 8 heteroatoms. The Kier molecular flexibility index (Phi) is 3.22. The van der Waals surface area contributed by atoms with Gasteiger partial charge in [-0.25, -0.2) is 4.98 Å². The van der Waals surface area contributed by atoms with E-state index in [4.69, 9.17) is 5.26 Å². The smallest absolute Gasteiger partial charge is 0.257 e. The van der Waals surface area contributed by atoms with Gasteiger partial charge < -0.3 is 5.32 Å². The molecule has 0 radical (unpaired) electrons. The number of benzene rings is 1. The molecule has 0 saturated heterocycles. The summed E-state index contributed by atoms with van der Waals surface area (Å²) in [5, 5.41) is 15.9. The summed E-state index contributed by atoms with van der Waals surface area (Å²) in [6.07, 6.45) is 2.91. The lowest BCUT2D eigenvalue weighted by Gasteiger charge is -2.06. The molecule has 0 saturated carbocycles. The summed E-state index contributed by atoms with van der Waals surface area (Å²) in [5.41, 5.74) is 1.27. The zero-order chi connectivity index (χ0) is 14.7. The van der Waals surface area contributed by atoms with Gasteiger partial charge in [0.1, 0.15) is 12.7 Å². The first-order valence-corrected chi connectivity index (χ1v) is 6.09. The summed E-state index contributed by atoms with van der Waals surface area (Å²) in [6.45, 7) is 0. The van der Waals surface area contributed by atoms with Crippen molar-refractivity contribution in [1.82, 2.24) is 29.7 Å². The molecule has 0 aliphatic carbocycles. The number of nitrogens with zero attached hydrogens (tertiary/aromatic N) is 7. The Bertz CT molecular complexity index is 803. The molecule has 0 unspecified atom stereocenters. The van der Waals surface area contributed by atoms with Gasteiger partial charge >= 0.3 is 0 Å². The van der Waals surface area contributed by atoms with Crippen molar-refractivity contribution in [3.05, 3.63) is 42.5 Å². The average molecular weight is 278 g/mol. The number of rotatable bonds is 3. The second kappa shape index (κ2) is 5.34. The van der Waals surface area contributed by atoms with Crippen LogP contribution in [0.1, 0.15) is 5.56 Å². The SMILES string of the molecule is CNc1nc(-c2cccc(C#N)c2)nc(-n2cncn2)n1. The molecule has 8 nitrogen and oxygen atoms in total. The van der Waals surface area contributed by atoms with E-state index in [0.29, 0.717) is 23.3 Å². The van der Waals surface area contributed by atoms with E-state index >= 15 is 0 Å². The number of aromatic nitrogens is 6. The zero-order valence-electron chi connectivity index (χ0n) is 11.1. The van der Waals surface area contributed by atoms with Crippen molar-refractivity contribution in [3.8, 4) is 23.4 Å². The van der Waals surface area contributed by atoms with Gasteiger partial charge in [-0.15, -0.1) is 0 Å². The molecular weight excluding hydrogens is 268 g/mol. The summed E-state index contributed by atoms with van der Waals surface area (Å²) in [4.78, 5) is 16.8. The van der Waals surface area contributed by atoms with Crippen LogP contribution < -0.4 is 5.32 Å². The zero-order valence-corrected chi connectivity index (χ0v) is 11.1. The van der Waals surface area contributed by atoms with E-state index in [1.165, 1.54) is 17.3 Å². The predicted octanol–water partition coefficient (Wildman–Crippen LogP) is 1.03. The lowest BCUT2D eigenvalue weighted by atomic mass is 10.1. The molecule has 21 heavy (non-hydrogen) atoms.